The monoisotopic (exact) mass is 474 g/mol. The number of rotatable bonds is 8. The Morgan fingerprint density at radius 1 is 1.23 bits per heavy atom. The van der Waals surface area contributed by atoms with Crippen molar-refractivity contribution in [1.29, 1.82) is 0 Å². The molecule has 1 aliphatic rings. The molecule has 2 rings (SSSR count). The molecule has 1 fully saturated rings. The van der Waals surface area contributed by atoms with Crippen molar-refractivity contribution in [1.82, 2.24) is 9.55 Å². The molecule has 1 N–H and O–H groups in total. The SMILES string of the molecule is CCS[C@H]1[C@@H](OC(C)=O)[C@@H]([C@@H](CSC(C)=O)OC(C)=O)O[C@H]1n1cc(C)c(=O)[nH]c1=O. The van der Waals surface area contributed by atoms with E-state index in [9.17, 15) is 24.0 Å². The van der Waals surface area contributed by atoms with E-state index in [0.717, 1.165) is 11.8 Å². The number of hydrogen-bond donors (Lipinski definition) is 1. The molecule has 1 aromatic heterocycles. The molecule has 1 saturated heterocycles. The first-order valence-corrected chi connectivity index (χ1v) is 11.7. The maximum absolute atomic E-state index is 12.5. The molecule has 0 saturated carbocycles. The van der Waals surface area contributed by atoms with Crippen molar-refractivity contribution < 1.29 is 28.6 Å². The predicted octanol–water partition coefficient (Wildman–Crippen LogP) is 1.01. The first-order valence-electron chi connectivity index (χ1n) is 9.62. The zero-order chi connectivity index (χ0) is 23.3. The summed E-state index contributed by atoms with van der Waals surface area (Å²) in [4.78, 5) is 61.6. The fourth-order valence-electron chi connectivity index (χ4n) is 3.27. The van der Waals surface area contributed by atoms with Gasteiger partial charge in [0.05, 0.1) is 5.25 Å². The highest BCUT2D eigenvalue weighted by atomic mass is 32.2. The minimum Gasteiger partial charge on any atom is -0.459 e. The Morgan fingerprint density at radius 3 is 2.45 bits per heavy atom. The fraction of sp³-hybridized carbons (Fsp3) is 0.632. The lowest BCUT2D eigenvalue weighted by atomic mass is 10.1. The van der Waals surface area contributed by atoms with Crippen molar-refractivity contribution in [2.45, 2.75) is 64.4 Å². The van der Waals surface area contributed by atoms with Crippen LogP contribution in [0.25, 0.3) is 0 Å². The van der Waals surface area contributed by atoms with E-state index in [2.05, 4.69) is 4.98 Å². The van der Waals surface area contributed by atoms with Crippen molar-refractivity contribution in [2.75, 3.05) is 11.5 Å². The number of hydrogen-bond acceptors (Lipinski definition) is 10. The summed E-state index contributed by atoms with van der Waals surface area (Å²) in [5.74, 6) is -0.439. The summed E-state index contributed by atoms with van der Waals surface area (Å²) >= 11 is 2.36. The Balaban J connectivity index is 2.52. The maximum atomic E-state index is 12.5. The van der Waals surface area contributed by atoms with E-state index in [0.29, 0.717) is 11.3 Å². The summed E-state index contributed by atoms with van der Waals surface area (Å²) < 4.78 is 18.3. The zero-order valence-electron chi connectivity index (χ0n) is 17.9. The summed E-state index contributed by atoms with van der Waals surface area (Å²) in [5, 5.41) is -0.704. The van der Waals surface area contributed by atoms with Crippen LogP contribution in [0.2, 0.25) is 0 Å². The highest BCUT2D eigenvalue weighted by molar-refractivity contribution is 8.13. The highest BCUT2D eigenvalue weighted by Gasteiger charge is 2.52. The van der Waals surface area contributed by atoms with Crippen LogP contribution in [0.4, 0.5) is 0 Å². The standard InChI is InChI=1S/C19H26N2O8S2/c1-6-30-16-15(28-11(4)23)14(13(27-10(3)22)8-31-12(5)24)29-18(16)21-7-9(2)17(25)20-19(21)26/h7,13-16,18H,6,8H2,1-5H3,(H,20,25,26)/t13-,14-,15+,16+,18-/m1/s1. The van der Waals surface area contributed by atoms with Crippen molar-refractivity contribution >= 4 is 40.6 Å². The van der Waals surface area contributed by atoms with Gasteiger partial charge in [-0.15, -0.1) is 0 Å². The van der Waals surface area contributed by atoms with Crippen LogP contribution >= 0.6 is 23.5 Å². The van der Waals surface area contributed by atoms with Gasteiger partial charge in [-0.2, -0.15) is 11.8 Å². The van der Waals surface area contributed by atoms with Gasteiger partial charge in [0.1, 0.15) is 18.3 Å². The second-order valence-electron chi connectivity index (χ2n) is 6.91. The van der Waals surface area contributed by atoms with Crippen LogP contribution in [0.5, 0.6) is 0 Å². The van der Waals surface area contributed by atoms with Gasteiger partial charge in [-0.1, -0.05) is 18.7 Å². The van der Waals surface area contributed by atoms with E-state index in [-0.39, 0.29) is 10.9 Å². The number of aromatic nitrogens is 2. The molecule has 12 heteroatoms. The quantitative estimate of drug-likeness (QED) is 0.544. The minimum atomic E-state index is -0.923. The molecule has 10 nitrogen and oxygen atoms in total. The van der Waals surface area contributed by atoms with Crippen LogP contribution in [0.3, 0.4) is 0 Å². The molecule has 0 bridgehead atoms. The number of nitrogens with one attached hydrogen (secondary N) is 1. The van der Waals surface area contributed by atoms with Gasteiger partial charge >= 0.3 is 17.6 Å². The van der Waals surface area contributed by atoms with Crippen LogP contribution in [0.1, 0.15) is 39.5 Å². The molecule has 5 atom stereocenters. The summed E-state index contributed by atoms with van der Waals surface area (Å²) in [6.07, 6.45) is -2.20. The third-order valence-corrected chi connectivity index (χ3v) is 6.56. The molecule has 0 unspecified atom stereocenters. The molecule has 0 radical (unpaired) electrons. The number of carbonyl (C=O) groups excluding carboxylic acids is 3. The Kier molecular flexibility index (Phi) is 8.95. The molecule has 31 heavy (non-hydrogen) atoms. The lowest BCUT2D eigenvalue weighted by molar-refractivity contribution is -0.163. The van der Waals surface area contributed by atoms with Gasteiger partial charge in [0.2, 0.25) is 0 Å². The van der Waals surface area contributed by atoms with Gasteiger partial charge in [-0.05, 0) is 12.7 Å². The first kappa shape index (κ1) is 25.2. The Bertz CT molecular complexity index is 944. The van der Waals surface area contributed by atoms with E-state index < -0.39 is 53.0 Å². The molecule has 0 amide bonds. The average Bonchev–Trinajstić information content (AvgIpc) is 2.99. The van der Waals surface area contributed by atoms with Crippen molar-refractivity contribution in [2.24, 2.45) is 0 Å². The number of aromatic amines is 1. The van der Waals surface area contributed by atoms with Crippen LogP contribution in [0, 0.1) is 6.92 Å². The number of esters is 2. The van der Waals surface area contributed by atoms with Gasteiger partial charge in [0.15, 0.2) is 11.3 Å². The predicted molar refractivity (Wildman–Crippen MR) is 116 cm³/mol. The van der Waals surface area contributed by atoms with Gasteiger partial charge in [0.25, 0.3) is 5.56 Å². The van der Waals surface area contributed by atoms with E-state index in [1.165, 1.54) is 43.3 Å². The van der Waals surface area contributed by atoms with E-state index in [1.807, 2.05) is 6.92 Å². The maximum Gasteiger partial charge on any atom is 0.330 e. The smallest absolute Gasteiger partial charge is 0.330 e. The van der Waals surface area contributed by atoms with Crippen molar-refractivity contribution in [3.63, 3.8) is 0 Å². The van der Waals surface area contributed by atoms with E-state index in [4.69, 9.17) is 14.2 Å². The molecular weight excluding hydrogens is 448 g/mol. The summed E-state index contributed by atoms with van der Waals surface area (Å²) in [5.41, 5.74) is -0.881. The van der Waals surface area contributed by atoms with Crippen molar-refractivity contribution in [3.8, 4) is 0 Å². The topological polar surface area (TPSA) is 134 Å². The lowest BCUT2D eigenvalue weighted by Gasteiger charge is -2.27. The summed E-state index contributed by atoms with van der Waals surface area (Å²) in [7, 11) is 0. The zero-order valence-corrected chi connectivity index (χ0v) is 19.5. The Morgan fingerprint density at radius 2 is 1.90 bits per heavy atom. The highest BCUT2D eigenvalue weighted by Crippen LogP contribution is 2.41. The molecule has 1 aromatic rings. The van der Waals surface area contributed by atoms with Crippen LogP contribution in [-0.4, -0.2) is 61.7 Å². The second kappa shape index (κ2) is 11.0. The van der Waals surface area contributed by atoms with Crippen LogP contribution < -0.4 is 11.2 Å². The normalized spacial score (nSPS) is 23.9. The van der Waals surface area contributed by atoms with Crippen LogP contribution in [0.15, 0.2) is 15.8 Å². The number of thioether (sulfide) groups is 2. The largest absolute Gasteiger partial charge is 0.459 e. The molecule has 1 aliphatic heterocycles. The summed E-state index contributed by atoms with van der Waals surface area (Å²) in [6, 6.07) is 0. The van der Waals surface area contributed by atoms with Crippen LogP contribution in [-0.2, 0) is 28.6 Å². The Labute approximate surface area is 187 Å². The van der Waals surface area contributed by atoms with Gasteiger partial charge in [0, 0.05) is 38.3 Å². The Hall–Kier alpha value is -2.05. The third-order valence-electron chi connectivity index (χ3n) is 4.44. The van der Waals surface area contributed by atoms with Gasteiger partial charge in [-0.3, -0.25) is 28.7 Å². The first-order chi connectivity index (χ1) is 14.5. The number of H-pyrrole nitrogens is 1. The van der Waals surface area contributed by atoms with E-state index in [1.54, 1.807) is 6.92 Å². The molecule has 2 heterocycles. The second-order valence-corrected chi connectivity index (χ2v) is 9.57. The molecule has 172 valence electrons. The molecule has 0 spiro atoms. The number of carbonyl (C=O) groups is 3. The number of aryl methyl sites for hydroxylation is 1. The van der Waals surface area contributed by atoms with E-state index >= 15 is 0 Å². The fourth-order valence-corrected chi connectivity index (χ4v) is 5.07. The number of nitrogens with zero attached hydrogens (tertiary/aromatic N) is 1. The third kappa shape index (κ3) is 6.47. The lowest BCUT2D eigenvalue weighted by Crippen LogP contribution is -2.44. The minimum absolute atomic E-state index is 0.0904. The van der Waals surface area contributed by atoms with Crippen molar-refractivity contribution in [3.05, 3.63) is 32.6 Å². The molecule has 0 aromatic carbocycles. The van der Waals surface area contributed by atoms with Gasteiger partial charge in [-0.25, -0.2) is 4.79 Å². The molecular formula is C19H26N2O8S2. The number of ether oxygens (including phenoxy) is 3. The summed E-state index contributed by atoms with van der Waals surface area (Å²) in [6.45, 7) is 7.32. The molecule has 0 aliphatic carbocycles. The average molecular weight is 475 g/mol. The van der Waals surface area contributed by atoms with Gasteiger partial charge < -0.3 is 14.2 Å².